The van der Waals surface area contributed by atoms with Gasteiger partial charge in [-0.15, -0.1) is 5.10 Å². The minimum atomic E-state index is -6.29. The van der Waals surface area contributed by atoms with Crippen molar-refractivity contribution in [2.45, 2.75) is 31.4 Å². The van der Waals surface area contributed by atoms with Crippen molar-refractivity contribution in [1.82, 2.24) is 14.8 Å². The number of pyridine rings is 1. The number of alkyl halides is 11. The molecule has 0 atom stereocenters. The topological polar surface area (TPSA) is 42.7 Å². The number of nitrogens with one attached hydrogen (secondary N) is 1. The number of rotatable bonds is 3. The summed E-state index contributed by atoms with van der Waals surface area (Å²) in [7, 11) is 1.01. The molecule has 2 heterocycles. The Morgan fingerprint density at radius 1 is 0.818 bits per heavy atom. The summed E-state index contributed by atoms with van der Waals surface area (Å²) < 4.78 is 148. The Morgan fingerprint density at radius 3 is 1.88 bits per heavy atom. The molecular weight excluding hydrogens is 481 g/mol. The van der Waals surface area contributed by atoms with Crippen LogP contribution in [0.2, 0.25) is 0 Å². The van der Waals surface area contributed by atoms with E-state index in [4.69, 9.17) is 0 Å². The van der Waals surface area contributed by atoms with E-state index in [9.17, 15) is 48.3 Å². The van der Waals surface area contributed by atoms with Gasteiger partial charge in [0, 0.05) is 7.05 Å². The van der Waals surface area contributed by atoms with Crippen LogP contribution in [0.25, 0.3) is 16.7 Å². The zero-order valence-electron chi connectivity index (χ0n) is 16.3. The highest BCUT2D eigenvalue weighted by atomic mass is 19.4. The molecule has 0 unspecified atom stereocenters. The predicted molar refractivity (Wildman–Crippen MR) is 93.1 cm³/mol. The number of hydrogen-bond donors (Lipinski definition) is 1. The van der Waals surface area contributed by atoms with Crippen LogP contribution in [0.5, 0.6) is 0 Å². The fraction of sp³-hybridized carbons (Fsp3) is 0.333. The van der Waals surface area contributed by atoms with E-state index in [0.717, 1.165) is 13.1 Å². The van der Waals surface area contributed by atoms with E-state index in [1.54, 1.807) is 0 Å². The number of anilines is 1. The Hall–Kier alpha value is -3.13. The Kier molecular flexibility index (Phi) is 5.53. The van der Waals surface area contributed by atoms with Crippen LogP contribution in [0.15, 0.2) is 24.3 Å². The smallest absolute Gasteiger partial charge is 0.372 e. The molecule has 0 saturated heterocycles. The molecule has 1 N–H and O–H groups in total. The Balaban J connectivity index is 2.46. The maximum atomic E-state index is 13.8. The maximum Gasteiger partial charge on any atom is 0.459 e. The van der Waals surface area contributed by atoms with Crippen LogP contribution in [0, 0.1) is 6.92 Å². The summed E-state index contributed by atoms with van der Waals surface area (Å²) >= 11 is 0. The average molecular weight is 492 g/mol. The van der Waals surface area contributed by atoms with Gasteiger partial charge in [-0.25, -0.2) is 9.67 Å². The van der Waals surface area contributed by atoms with Crippen molar-refractivity contribution in [2.75, 3.05) is 12.4 Å². The third-order valence-electron chi connectivity index (χ3n) is 4.55. The van der Waals surface area contributed by atoms with E-state index in [0.29, 0.717) is 10.7 Å². The van der Waals surface area contributed by atoms with Crippen molar-refractivity contribution in [2.24, 2.45) is 0 Å². The molecule has 33 heavy (non-hydrogen) atoms. The molecule has 2 aromatic heterocycles. The van der Waals surface area contributed by atoms with Crippen molar-refractivity contribution in [3.05, 3.63) is 46.6 Å². The zero-order chi connectivity index (χ0) is 25.1. The van der Waals surface area contributed by atoms with Crippen molar-refractivity contribution in [1.29, 1.82) is 0 Å². The van der Waals surface area contributed by atoms with Gasteiger partial charge in [0.05, 0.1) is 22.2 Å². The predicted octanol–water partition coefficient (Wildman–Crippen LogP) is 6.46. The van der Waals surface area contributed by atoms with Crippen molar-refractivity contribution < 1.29 is 48.3 Å². The van der Waals surface area contributed by atoms with Gasteiger partial charge in [-0.2, -0.15) is 48.3 Å². The van der Waals surface area contributed by atoms with Crippen LogP contribution in [0.4, 0.5) is 54.1 Å². The standard InChI is InChI=1S/C18H11F11N4/c1-7-3-4-10(8(5-7)16(21,22)23)33-14(30-2)12-9(17(24,25)26)6-11(31-13(12)32-33)15(19,20)18(27,28)29/h3-6,30H,1-2H3. The summed E-state index contributed by atoms with van der Waals surface area (Å²) in [6.07, 6.45) is -16.8. The number of hydrogen-bond acceptors (Lipinski definition) is 3. The molecule has 4 nitrogen and oxygen atoms in total. The molecule has 180 valence electrons. The largest absolute Gasteiger partial charge is 0.459 e. The number of benzene rings is 1. The Labute approximate surface area is 177 Å². The van der Waals surface area contributed by atoms with Gasteiger partial charge in [0.2, 0.25) is 0 Å². The molecule has 0 radical (unpaired) electrons. The van der Waals surface area contributed by atoms with E-state index < -0.39 is 69.9 Å². The average Bonchev–Trinajstić information content (AvgIpc) is 3.03. The van der Waals surface area contributed by atoms with Gasteiger partial charge < -0.3 is 5.32 Å². The first kappa shape index (κ1) is 24.5. The molecular formula is C18H11F11N4. The molecule has 3 rings (SSSR count). The number of nitrogens with zero attached hydrogens (tertiary/aromatic N) is 3. The molecule has 0 saturated carbocycles. The third-order valence-corrected chi connectivity index (χ3v) is 4.55. The summed E-state index contributed by atoms with van der Waals surface area (Å²) in [6, 6.07) is 2.21. The third kappa shape index (κ3) is 4.15. The summed E-state index contributed by atoms with van der Waals surface area (Å²) in [5.41, 5.74) is -7.55. The van der Waals surface area contributed by atoms with Crippen molar-refractivity contribution >= 4 is 16.9 Å². The van der Waals surface area contributed by atoms with Crippen LogP contribution in [0.3, 0.4) is 0 Å². The molecule has 0 amide bonds. The summed E-state index contributed by atoms with van der Waals surface area (Å²) in [4.78, 5) is 2.93. The summed E-state index contributed by atoms with van der Waals surface area (Å²) in [5.74, 6) is -6.53. The molecule has 0 aliphatic rings. The van der Waals surface area contributed by atoms with Gasteiger partial charge in [0.15, 0.2) is 5.65 Å². The Morgan fingerprint density at radius 2 is 1.39 bits per heavy atom. The minimum Gasteiger partial charge on any atom is -0.372 e. The number of aryl methyl sites for hydroxylation is 1. The van der Waals surface area contributed by atoms with E-state index in [1.165, 1.54) is 13.0 Å². The van der Waals surface area contributed by atoms with Crippen LogP contribution < -0.4 is 5.32 Å². The Bertz CT molecular complexity index is 1200. The second-order valence-electron chi connectivity index (χ2n) is 6.85. The molecule has 15 heteroatoms. The number of fused-ring (bicyclic) bond motifs is 1. The fourth-order valence-electron chi connectivity index (χ4n) is 3.08. The maximum absolute atomic E-state index is 13.8. The van der Waals surface area contributed by atoms with Gasteiger partial charge in [-0.3, -0.25) is 0 Å². The quantitative estimate of drug-likeness (QED) is 0.427. The second-order valence-corrected chi connectivity index (χ2v) is 6.85. The molecule has 0 fully saturated rings. The highest BCUT2D eigenvalue weighted by Gasteiger charge is 2.60. The van der Waals surface area contributed by atoms with Crippen LogP contribution in [-0.4, -0.2) is 28.0 Å². The first-order valence-electron chi connectivity index (χ1n) is 8.71. The molecule has 0 spiro atoms. The van der Waals surface area contributed by atoms with E-state index in [2.05, 4.69) is 15.4 Å². The van der Waals surface area contributed by atoms with E-state index in [1.807, 2.05) is 0 Å². The first-order chi connectivity index (χ1) is 14.9. The SMILES string of the molecule is CNc1c2c(C(F)(F)F)cc(C(F)(F)C(F)(F)F)nc2nn1-c1ccc(C)cc1C(F)(F)F. The lowest BCUT2D eigenvalue weighted by Crippen LogP contribution is -2.35. The van der Waals surface area contributed by atoms with Gasteiger partial charge >= 0.3 is 24.5 Å². The lowest BCUT2D eigenvalue weighted by Gasteiger charge is -2.20. The van der Waals surface area contributed by atoms with Crippen LogP contribution >= 0.6 is 0 Å². The zero-order valence-corrected chi connectivity index (χ0v) is 16.3. The lowest BCUT2D eigenvalue weighted by atomic mass is 10.1. The summed E-state index contributed by atoms with van der Waals surface area (Å²) in [6.45, 7) is 1.31. The number of halogens is 11. The highest BCUT2D eigenvalue weighted by molar-refractivity contribution is 5.92. The second kappa shape index (κ2) is 7.45. The first-order valence-corrected chi connectivity index (χ1v) is 8.71. The molecule has 0 aliphatic carbocycles. The lowest BCUT2D eigenvalue weighted by molar-refractivity contribution is -0.291. The molecule has 1 aromatic carbocycles. The number of aromatic nitrogens is 3. The van der Waals surface area contributed by atoms with Gasteiger partial charge in [-0.1, -0.05) is 11.6 Å². The van der Waals surface area contributed by atoms with E-state index >= 15 is 0 Å². The van der Waals surface area contributed by atoms with Gasteiger partial charge in [0.25, 0.3) is 0 Å². The van der Waals surface area contributed by atoms with Gasteiger partial charge in [0.1, 0.15) is 11.5 Å². The van der Waals surface area contributed by atoms with Crippen LogP contribution in [-0.2, 0) is 18.3 Å². The minimum absolute atomic E-state index is 0.134. The fourth-order valence-corrected chi connectivity index (χ4v) is 3.08. The summed E-state index contributed by atoms with van der Waals surface area (Å²) in [5, 5.41) is 4.54. The highest BCUT2D eigenvalue weighted by Crippen LogP contribution is 2.47. The monoisotopic (exact) mass is 492 g/mol. The van der Waals surface area contributed by atoms with E-state index in [-0.39, 0.29) is 5.56 Å². The molecule has 3 aromatic rings. The van der Waals surface area contributed by atoms with Crippen LogP contribution in [0.1, 0.15) is 22.4 Å². The van der Waals surface area contributed by atoms with Crippen molar-refractivity contribution in [3.63, 3.8) is 0 Å². The normalized spacial score (nSPS) is 13.6. The molecule has 0 bridgehead atoms. The molecule has 0 aliphatic heterocycles. The van der Waals surface area contributed by atoms with Gasteiger partial charge in [-0.05, 0) is 25.1 Å². The van der Waals surface area contributed by atoms with Crippen molar-refractivity contribution in [3.8, 4) is 5.69 Å².